The number of aromatic amines is 1. The standard InChI is InChI=1S/C10H9BrN2O/c11-7-1-2-9-8(4-7)6(5-12)3-10(14)13-9/h1-4H,5,12H2,(H,13,14). The van der Waals surface area contributed by atoms with E-state index in [1.807, 2.05) is 18.2 Å². The number of H-pyrrole nitrogens is 1. The van der Waals surface area contributed by atoms with Crippen molar-refractivity contribution in [2.24, 2.45) is 5.73 Å². The quantitative estimate of drug-likeness (QED) is 0.813. The average Bonchev–Trinajstić information content (AvgIpc) is 2.17. The monoisotopic (exact) mass is 252 g/mol. The summed E-state index contributed by atoms with van der Waals surface area (Å²) in [5.74, 6) is 0. The van der Waals surface area contributed by atoms with Gasteiger partial charge in [-0.05, 0) is 23.8 Å². The second-order valence-electron chi connectivity index (χ2n) is 3.05. The molecule has 0 atom stereocenters. The van der Waals surface area contributed by atoms with Crippen LogP contribution in [-0.2, 0) is 6.54 Å². The zero-order valence-corrected chi connectivity index (χ0v) is 8.97. The fourth-order valence-corrected chi connectivity index (χ4v) is 1.83. The van der Waals surface area contributed by atoms with E-state index in [2.05, 4.69) is 20.9 Å². The van der Waals surface area contributed by atoms with Crippen molar-refractivity contribution in [1.29, 1.82) is 0 Å². The Hall–Kier alpha value is -1.13. The van der Waals surface area contributed by atoms with Gasteiger partial charge < -0.3 is 10.7 Å². The van der Waals surface area contributed by atoms with Crippen molar-refractivity contribution in [3.05, 3.63) is 44.7 Å². The Morgan fingerprint density at radius 2 is 2.14 bits per heavy atom. The van der Waals surface area contributed by atoms with Crippen molar-refractivity contribution in [1.82, 2.24) is 4.98 Å². The Morgan fingerprint density at radius 3 is 2.86 bits per heavy atom. The Kier molecular flexibility index (Phi) is 2.39. The van der Waals surface area contributed by atoms with Gasteiger partial charge in [0.25, 0.3) is 0 Å². The van der Waals surface area contributed by atoms with E-state index in [9.17, 15) is 4.79 Å². The summed E-state index contributed by atoms with van der Waals surface area (Å²) in [5, 5.41) is 0.987. The number of aromatic nitrogens is 1. The molecule has 0 aliphatic heterocycles. The van der Waals surface area contributed by atoms with Gasteiger partial charge in [0.05, 0.1) is 0 Å². The van der Waals surface area contributed by atoms with Crippen molar-refractivity contribution < 1.29 is 0 Å². The van der Waals surface area contributed by atoms with Gasteiger partial charge in [-0.3, -0.25) is 4.79 Å². The predicted octanol–water partition coefficient (Wildman–Crippen LogP) is 1.75. The predicted molar refractivity (Wildman–Crippen MR) is 60.2 cm³/mol. The van der Waals surface area contributed by atoms with Gasteiger partial charge in [-0.1, -0.05) is 15.9 Å². The van der Waals surface area contributed by atoms with Crippen LogP contribution in [-0.4, -0.2) is 4.98 Å². The van der Waals surface area contributed by atoms with Crippen molar-refractivity contribution >= 4 is 26.8 Å². The van der Waals surface area contributed by atoms with Crippen LogP contribution in [0.3, 0.4) is 0 Å². The average molecular weight is 253 g/mol. The molecule has 0 bridgehead atoms. The number of halogens is 1. The maximum atomic E-state index is 11.2. The maximum Gasteiger partial charge on any atom is 0.248 e. The summed E-state index contributed by atoms with van der Waals surface area (Å²) in [6.45, 7) is 0.372. The van der Waals surface area contributed by atoms with Gasteiger partial charge in [-0.15, -0.1) is 0 Å². The van der Waals surface area contributed by atoms with Gasteiger partial charge in [0, 0.05) is 28.0 Å². The lowest BCUT2D eigenvalue weighted by molar-refractivity contribution is 1.07. The maximum absolute atomic E-state index is 11.2. The number of nitrogens with two attached hydrogens (primary N) is 1. The number of nitrogens with one attached hydrogen (secondary N) is 1. The fourth-order valence-electron chi connectivity index (χ4n) is 1.46. The summed E-state index contributed by atoms with van der Waals surface area (Å²) < 4.78 is 0.978. The van der Waals surface area contributed by atoms with Gasteiger partial charge in [0.1, 0.15) is 0 Å². The van der Waals surface area contributed by atoms with Gasteiger partial charge >= 0.3 is 0 Å². The van der Waals surface area contributed by atoms with Crippen molar-refractivity contribution in [2.45, 2.75) is 6.54 Å². The first-order valence-electron chi connectivity index (χ1n) is 4.22. The van der Waals surface area contributed by atoms with E-state index in [4.69, 9.17) is 5.73 Å². The molecule has 2 rings (SSSR count). The summed E-state index contributed by atoms with van der Waals surface area (Å²) in [6.07, 6.45) is 0. The molecular weight excluding hydrogens is 244 g/mol. The van der Waals surface area contributed by atoms with Crippen LogP contribution in [0.15, 0.2) is 33.5 Å². The second-order valence-corrected chi connectivity index (χ2v) is 3.97. The molecule has 4 heteroatoms. The van der Waals surface area contributed by atoms with Crippen LogP contribution in [0.5, 0.6) is 0 Å². The second kappa shape index (κ2) is 3.55. The minimum atomic E-state index is -0.111. The highest BCUT2D eigenvalue weighted by atomic mass is 79.9. The number of pyridine rings is 1. The van der Waals surface area contributed by atoms with E-state index >= 15 is 0 Å². The van der Waals surface area contributed by atoms with Crippen LogP contribution in [0.25, 0.3) is 10.9 Å². The molecular formula is C10H9BrN2O. The van der Waals surface area contributed by atoms with Crippen LogP contribution >= 0.6 is 15.9 Å². The third-order valence-electron chi connectivity index (χ3n) is 2.11. The molecule has 3 nitrogen and oxygen atoms in total. The van der Waals surface area contributed by atoms with E-state index < -0.39 is 0 Å². The minimum absolute atomic E-state index is 0.111. The normalized spacial score (nSPS) is 10.7. The van der Waals surface area contributed by atoms with Gasteiger partial charge in [-0.2, -0.15) is 0 Å². The van der Waals surface area contributed by atoms with Crippen molar-refractivity contribution in [3.63, 3.8) is 0 Å². The molecule has 1 aromatic carbocycles. The van der Waals surface area contributed by atoms with Crippen LogP contribution < -0.4 is 11.3 Å². The summed E-state index contributed by atoms with van der Waals surface area (Å²) in [4.78, 5) is 14.0. The van der Waals surface area contributed by atoms with Gasteiger partial charge in [0.15, 0.2) is 0 Å². The van der Waals surface area contributed by atoms with Crippen LogP contribution in [0.2, 0.25) is 0 Å². The molecule has 1 aromatic heterocycles. The summed E-state index contributed by atoms with van der Waals surface area (Å²) in [5.41, 5.74) is 7.14. The zero-order valence-electron chi connectivity index (χ0n) is 7.38. The smallest absolute Gasteiger partial charge is 0.248 e. The molecule has 0 saturated carbocycles. The van der Waals surface area contributed by atoms with Gasteiger partial charge in [-0.25, -0.2) is 0 Å². The molecule has 2 aromatic rings. The van der Waals surface area contributed by atoms with Crippen molar-refractivity contribution in [3.8, 4) is 0 Å². The summed E-state index contributed by atoms with van der Waals surface area (Å²) in [7, 11) is 0. The molecule has 0 spiro atoms. The molecule has 0 radical (unpaired) electrons. The number of benzene rings is 1. The zero-order chi connectivity index (χ0) is 10.1. The topological polar surface area (TPSA) is 58.9 Å². The molecule has 0 saturated heterocycles. The molecule has 0 aliphatic carbocycles. The van der Waals surface area contributed by atoms with Crippen LogP contribution in [0.4, 0.5) is 0 Å². The molecule has 3 N–H and O–H groups in total. The molecule has 0 amide bonds. The highest BCUT2D eigenvalue weighted by Crippen LogP contribution is 2.19. The third kappa shape index (κ3) is 1.58. The minimum Gasteiger partial charge on any atom is -0.326 e. The Balaban J connectivity index is 2.88. The lowest BCUT2D eigenvalue weighted by atomic mass is 10.1. The number of fused-ring (bicyclic) bond motifs is 1. The first-order valence-corrected chi connectivity index (χ1v) is 5.01. The van der Waals surface area contributed by atoms with Crippen LogP contribution in [0.1, 0.15) is 5.56 Å². The van der Waals surface area contributed by atoms with E-state index in [1.165, 1.54) is 6.07 Å². The summed E-state index contributed by atoms with van der Waals surface area (Å²) in [6, 6.07) is 7.24. The molecule has 0 fully saturated rings. The molecule has 0 aliphatic rings. The number of rotatable bonds is 1. The number of hydrogen-bond donors (Lipinski definition) is 2. The highest BCUT2D eigenvalue weighted by molar-refractivity contribution is 9.10. The van der Waals surface area contributed by atoms with Crippen LogP contribution in [0, 0.1) is 0 Å². The van der Waals surface area contributed by atoms with E-state index in [0.717, 1.165) is 20.9 Å². The lowest BCUT2D eigenvalue weighted by Crippen LogP contribution is -2.09. The molecule has 0 unspecified atom stereocenters. The Morgan fingerprint density at radius 1 is 1.36 bits per heavy atom. The third-order valence-corrected chi connectivity index (χ3v) is 2.60. The first kappa shape index (κ1) is 9.43. The Bertz CT molecular complexity index is 533. The highest BCUT2D eigenvalue weighted by Gasteiger charge is 2.01. The van der Waals surface area contributed by atoms with Crippen molar-refractivity contribution in [2.75, 3.05) is 0 Å². The van der Waals surface area contributed by atoms with Gasteiger partial charge in [0.2, 0.25) is 5.56 Å². The van der Waals surface area contributed by atoms with E-state index in [-0.39, 0.29) is 5.56 Å². The largest absolute Gasteiger partial charge is 0.326 e. The van der Waals surface area contributed by atoms with E-state index in [0.29, 0.717) is 6.54 Å². The molecule has 1 heterocycles. The SMILES string of the molecule is NCc1cc(=O)[nH]c2ccc(Br)cc12. The molecule has 72 valence electrons. The Labute approximate surface area is 89.1 Å². The lowest BCUT2D eigenvalue weighted by Gasteiger charge is -2.03. The number of hydrogen-bond acceptors (Lipinski definition) is 2. The fraction of sp³-hybridized carbons (Fsp3) is 0.100. The van der Waals surface area contributed by atoms with E-state index in [1.54, 1.807) is 0 Å². The first-order chi connectivity index (χ1) is 6.70. The summed E-state index contributed by atoms with van der Waals surface area (Å²) >= 11 is 3.38. The molecule has 14 heavy (non-hydrogen) atoms.